The number of benzene rings is 1. The van der Waals surface area contributed by atoms with E-state index in [4.69, 9.17) is 0 Å². The number of aryl methyl sites for hydroxylation is 1. The van der Waals surface area contributed by atoms with Gasteiger partial charge in [0.25, 0.3) is 17.4 Å². The highest BCUT2D eigenvalue weighted by Crippen LogP contribution is 2.12. The van der Waals surface area contributed by atoms with Crippen LogP contribution in [0.15, 0.2) is 41.2 Å². The molecule has 0 fully saturated rings. The van der Waals surface area contributed by atoms with Gasteiger partial charge in [0.1, 0.15) is 5.69 Å². The van der Waals surface area contributed by atoms with E-state index in [2.05, 4.69) is 10.4 Å². The lowest BCUT2D eigenvalue weighted by molar-refractivity contribution is 0.0773. The number of nitrogens with one attached hydrogen (secondary N) is 1. The van der Waals surface area contributed by atoms with Gasteiger partial charge in [0.2, 0.25) is 0 Å². The first kappa shape index (κ1) is 20.4. The van der Waals surface area contributed by atoms with Gasteiger partial charge in [-0.2, -0.15) is 5.10 Å². The molecular weight excluding hydrogens is 344 g/mol. The zero-order valence-electron chi connectivity index (χ0n) is 16.1. The van der Waals surface area contributed by atoms with Crippen molar-refractivity contribution in [2.75, 3.05) is 18.4 Å². The second kappa shape index (κ2) is 9.66. The van der Waals surface area contributed by atoms with Gasteiger partial charge in [0.05, 0.1) is 0 Å². The van der Waals surface area contributed by atoms with Crippen LogP contribution in [0.4, 0.5) is 5.69 Å². The fourth-order valence-corrected chi connectivity index (χ4v) is 2.62. The van der Waals surface area contributed by atoms with Gasteiger partial charge in [0, 0.05) is 37.0 Å². The molecule has 2 aromatic rings. The Labute approximate surface area is 159 Å². The van der Waals surface area contributed by atoms with Crippen LogP contribution in [0.1, 0.15) is 54.5 Å². The summed E-state index contributed by atoms with van der Waals surface area (Å²) in [4.78, 5) is 38.3. The van der Waals surface area contributed by atoms with Crippen molar-refractivity contribution in [2.24, 2.45) is 0 Å². The van der Waals surface area contributed by atoms with Crippen LogP contribution >= 0.6 is 0 Å². The average Bonchev–Trinajstić information content (AvgIpc) is 2.68. The second-order valence-corrected chi connectivity index (χ2v) is 6.14. The number of amides is 2. The molecule has 0 bridgehead atoms. The normalized spacial score (nSPS) is 10.5. The fraction of sp³-hybridized carbons (Fsp3) is 0.400. The number of hydrogen-bond acceptors (Lipinski definition) is 4. The van der Waals surface area contributed by atoms with Gasteiger partial charge < -0.3 is 10.2 Å². The molecular formula is C20H26N4O3. The summed E-state index contributed by atoms with van der Waals surface area (Å²) >= 11 is 0. The average molecular weight is 370 g/mol. The van der Waals surface area contributed by atoms with Crippen molar-refractivity contribution < 1.29 is 9.59 Å². The minimum absolute atomic E-state index is 0.0393. The summed E-state index contributed by atoms with van der Waals surface area (Å²) in [6.07, 6.45) is 1.75. The lowest BCUT2D eigenvalue weighted by Crippen LogP contribution is -2.30. The maximum Gasteiger partial charge on any atom is 0.276 e. The van der Waals surface area contributed by atoms with Gasteiger partial charge in [0.15, 0.2) is 0 Å². The van der Waals surface area contributed by atoms with Crippen molar-refractivity contribution in [1.82, 2.24) is 14.7 Å². The van der Waals surface area contributed by atoms with Crippen molar-refractivity contribution in [2.45, 2.75) is 40.2 Å². The predicted octanol–water partition coefficient (Wildman–Crippen LogP) is 2.78. The first-order valence-electron chi connectivity index (χ1n) is 9.29. The Kier molecular flexibility index (Phi) is 7.28. The molecule has 0 saturated carbocycles. The predicted molar refractivity (Wildman–Crippen MR) is 105 cm³/mol. The van der Waals surface area contributed by atoms with Crippen LogP contribution in [0.25, 0.3) is 0 Å². The number of carbonyl (C=O) groups is 2. The first-order chi connectivity index (χ1) is 13.0. The van der Waals surface area contributed by atoms with E-state index in [0.29, 0.717) is 30.9 Å². The minimum atomic E-state index is -0.400. The summed E-state index contributed by atoms with van der Waals surface area (Å²) in [7, 11) is 0. The number of hydrogen-bond donors (Lipinski definition) is 1. The number of aromatic nitrogens is 2. The molecule has 0 saturated heterocycles. The Morgan fingerprint density at radius 3 is 2.30 bits per heavy atom. The maximum atomic E-state index is 12.4. The second-order valence-electron chi connectivity index (χ2n) is 6.14. The molecule has 0 aliphatic rings. The molecule has 1 heterocycles. The lowest BCUT2D eigenvalue weighted by Gasteiger charge is -2.18. The van der Waals surface area contributed by atoms with E-state index in [1.807, 2.05) is 20.8 Å². The van der Waals surface area contributed by atoms with Gasteiger partial charge >= 0.3 is 0 Å². The van der Waals surface area contributed by atoms with E-state index in [9.17, 15) is 14.4 Å². The summed E-state index contributed by atoms with van der Waals surface area (Å²) in [6.45, 7) is 7.67. The van der Waals surface area contributed by atoms with Crippen molar-refractivity contribution in [3.8, 4) is 0 Å². The third kappa shape index (κ3) is 5.26. The van der Waals surface area contributed by atoms with Gasteiger partial charge in [-0.05, 0) is 50.6 Å². The van der Waals surface area contributed by atoms with Crippen LogP contribution in [-0.4, -0.2) is 39.6 Å². The Morgan fingerprint density at radius 2 is 1.70 bits per heavy atom. The first-order valence-corrected chi connectivity index (χ1v) is 9.29. The molecule has 7 heteroatoms. The highest BCUT2D eigenvalue weighted by molar-refractivity contribution is 6.03. The van der Waals surface area contributed by atoms with Crippen LogP contribution in [-0.2, 0) is 6.54 Å². The highest BCUT2D eigenvalue weighted by Gasteiger charge is 2.13. The van der Waals surface area contributed by atoms with Gasteiger partial charge in [-0.1, -0.05) is 13.3 Å². The molecule has 0 unspecified atom stereocenters. The van der Waals surface area contributed by atoms with Gasteiger partial charge in [-0.3, -0.25) is 14.4 Å². The minimum Gasteiger partial charge on any atom is -0.339 e. The Balaban J connectivity index is 2.10. The van der Waals surface area contributed by atoms with Gasteiger partial charge in [-0.25, -0.2) is 4.68 Å². The molecule has 2 rings (SSSR count). The SMILES string of the molecule is CCCCn1nc(C(=O)Nc2ccc(C(=O)N(CC)CC)cc2)ccc1=O. The number of anilines is 1. The smallest absolute Gasteiger partial charge is 0.276 e. The number of rotatable bonds is 8. The van der Waals surface area contributed by atoms with E-state index < -0.39 is 5.91 Å². The largest absolute Gasteiger partial charge is 0.339 e. The summed E-state index contributed by atoms with van der Waals surface area (Å²) in [5.74, 6) is -0.439. The molecule has 0 aliphatic carbocycles. The molecule has 144 valence electrons. The quantitative estimate of drug-likeness (QED) is 0.774. The molecule has 1 N–H and O–H groups in total. The van der Waals surface area contributed by atoms with Crippen molar-refractivity contribution >= 4 is 17.5 Å². The third-order valence-electron chi connectivity index (χ3n) is 4.26. The molecule has 7 nitrogen and oxygen atoms in total. The van der Waals surface area contributed by atoms with E-state index in [-0.39, 0.29) is 17.2 Å². The number of unbranched alkanes of at least 4 members (excludes halogenated alkanes) is 1. The third-order valence-corrected chi connectivity index (χ3v) is 4.26. The highest BCUT2D eigenvalue weighted by atomic mass is 16.2. The standard InChI is InChI=1S/C20H26N4O3/c1-4-7-14-24-18(25)13-12-17(22-24)19(26)21-16-10-8-15(9-11-16)20(27)23(5-2)6-3/h8-13H,4-7,14H2,1-3H3,(H,21,26). The lowest BCUT2D eigenvalue weighted by atomic mass is 10.1. The van der Waals surface area contributed by atoms with E-state index in [1.165, 1.54) is 16.8 Å². The van der Waals surface area contributed by atoms with E-state index in [1.54, 1.807) is 29.2 Å². The monoisotopic (exact) mass is 370 g/mol. The van der Waals surface area contributed by atoms with E-state index >= 15 is 0 Å². The summed E-state index contributed by atoms with van der Waals surface area (Å²) in [5.41, 5.74) is 1.08. The Bertz CT molecular complexity index is 839. The van der Waals surface area contributed by atoms with Crippen molar-refractivity contribution in [3.05, 3.63) is 58.0 Å². The number of carbonyl (C=O) groups excluding carboxylic acids is 2. The fourth-order valence-electron chi connectivity index (χ4n) is 2.62. The van der Waals surface area contributed by atoms with Crippen molar-refractivity contribution in [1.29, 1.82) is 0 Å². The van der Waals surface area contributed by atoms with Crippen LogP contribution in [0.3, 0.4) is 0 Å². The van der Waals surface area contributed by atoms with Gasteiger partial charge in [-0.15, -0.1) is 0 Å². The molecule has 0 spiro atoms. The zero-order valence-corrected chi connectivity index (χ0v) is 16.1. The Hall–Kier alpha value is -2.96. The van der Waals surface area contributed by atoms with Crippen LogP contribution < -0.4 is 10.9 Å². The van der Waals surface area contributed by atoms with E-state index in [0.717, 1.165) is 12.8 Å². The summed E-state index contributed by atoms with van der Waals surface area (Å²) in [6, 6.07) is 9.50. The zero-order chi connectivity index (χ0) is 19.8. The molecule has 1 aromatic carbocycles. The molecule has 0 aliphatic heterocycles. The molecule has 0 radical (unpaired) electrons. The molecule has 1 aromatic heterocycles. The topological polar surface area (TPSA) is 84.3 Å². The van der Waals surface area contributed by atoms with Crippen LogP contribution in [0.5, 0.6) is 0 Å². The van der Waals surface area contributed by atoms with Crippen molar-refractivity contribution in [3.63, 3.8) is 0 Å². The Morgan fingerprint density at radius 1 is 1.04 bits per heavy atom. The summed E-state index contributed by atoms with van der Waals surface area (Å²) in [5, 5.41) is 6.87. The van der Waals surface area contributed by atoms with Crippen LogP contribution in [0, 0.1) is 0 Å². The van der Waals surface area contributed by atoms with Crippen LogP contribution in [0.2, 0.25) is 0 Å². The molecule has 0 atom stereocenters. The maximum absolute atomic E-state index is 12.4. The molecule has 27 heavy (non-hydrogen) atoms. The summed E-state index contributed by atoms with van der Waals surface area (Å²) < 4.78 is 1.31. The number of nitrogens with zero attached hydrogens (tertiary/aromatic N) is 3. The molecule has 2 amide bonds.